The predicted octanol–water partition coefficient (Wildman–Crippen LogP) is 4.03. The van der Waals surface area contributed by atoms with Gasteiger partial charge in [0.05, 0.1) is 10.7 Å². The van der Waals surface area contributed by atoms with Gasteiger partial charge in [-0.05, 0) is 45.1 Å². The van der Waals surface area contributed by atoms with Crippen LogP contribution in [0.1, 0.15) is 73.0 Å². The maximum Gasteiger partial charge on any atom is 0.0962 e. The lowest BCUT2D eigenvalue weighted by Crippen LogP contribution is -2.19. The molecule has 2 nitrogen and oxygen atoms in total. The first-order valence-corrected chi connectivity index (χ1v) is 8.26. The highest BCUT2D eigenvalue weighted by Gasteiger charge is 2.27. The highest BCUT2D eigenvalue weighted by molar-refractivity contribution is 7.12. The molecule has 0 radical (unpaired) electrons. The van der Waals surface area contributed by atoms with Crippen molar-refractivity contribution in [2.45, 2.75) is 63.8 Å². The van der Waals surface area contributed by atoms with Gasteiger partial charge in [0.15, 0.2) is 0 Å². The fourth-order valence-electron chi connectivity index (χ4n) is 3.40. The van der Waals surface area contributed by atoms with Crippen LogP contribution in [0.4, 0.5) is 0 Å². The Labute approximate surface area is 114 Å². The lowest BCUT2D eigenvalue weighted by Gasteiger charge is -2.24. The third kappa shape index (κ3) is 2.35. The monoisotopic (exact) mass is 264 g/mol. The molecule has 0 aliphatic heterocycles. The Morgan fingerprint density at radius 1 is 1.17 bits per heavy atom. The van der Waals surface area contributed by atoms with E-state index in [0.717, 1.165) is 11.8 Å². The third-order valence-electron chi connectivity index (χ3n) is 4.68. The molecule has 0 aromatic carbocycles. The van der Waals surface area contributed by atoms with E-state index in [-0.39, 0.29) is 0 Å². The fraction of sp³-hybridized carbons (Fsp3) is 0.800. The number of thiazole rings is 1. The Bertz CT molecular complexity index is 405. The van der Waals surface area contributed by atoms with Gasteiger partial charge >= 0.3 is 0 Å². The SMILES string of the molecule is CNC1CCCc2nc(C3CCC(C)CC3)sc21. The largest absolute Gasteiger partial charge is 0.312 e. The minimum Gasteiger partial charge on any atom is -0.312 e. The summed E-state index contributed by atoms with van der Waals surface area (Å²) >= 11 is 2.00. The molecule has 0 saturated heterocycles. The smallest absolute Gasteiger partial charge is 0.0962 e. The molecule has 1 aromatic heterocycles. The van der Waals surface area contributed by atoms with Gasteiger partial charge in [0, 0.05) is 16.8 Å². The average molecular weight is 264 g/mol. The van der Waals surface area contributed by atoms with E-state index in [0.29, 0.717) is 6.04 Å². The summed E-state index contributed by atoms with van der Waals surface area (Å²) in [6, 6.07) is 0.572. The van der Waals surface area contributed by atoms with E-state index < -0.39 is 0 Å². The fourth-order valence-corrected chi connectivity index (χ4v) is 4.82. The highest BCUT2D eigenvalue weighted by Crippen LogP contribution is 2.41. The molecule has 100 valence electrons. The van der Waals surface area contributed by atoms with Gasteiger partial charge in [-0.2, -0.15) is 0 Å². The molecule has 1 fully saturated rings. The molecular formula is C15H24N2S. The second kappa shape index (κ2) is 5.30. The van der Waals surface area contributed by atoms with E-state index in [2.05, 4.69) is 19.3 Å². The van der Waals surface area contributed by atoms with Crippen LogP contribution in [0.25, 0.3) is 0 Å². The third-order valence-corrected chi connectivity index (χ3v) is 6.05. The summed E-state index contributed by atoms with van der Waals surface area (Å²) in [7, 11) is 2.08. The first-order chi connectivity index (χ1) is 8.78. The molecule has 1 aromatic rings. The van der Waals surface area contributed by atoms with E-state index in [1.807, 2.05) is 11.3 Å². The predicted molar refractivity (Wildman–Crippen MR) is 77.2 cm³/mol. The van der Waals surface area contributed by atoms with Gasteiger partial charge < -0.3 is 5.32 Å². The van der Waals surface area contributed by atoms with Crippen molar-refractivity contribution in [3.05, 3.63) is 15.6 Å². The van der Waals surface area contributed by atoms with Crippen LogP contribution in [0.15, 0.2) is 0 Å². The molecule has 1 heterocycles. The normalized spacial score (nSPS) is 32.2. The van der Waals surface area contributed by atoms with Crippen LogP contribution in [0.2, 0.25) is 0 Å². The molecule has 1 atom stereocenters. The van der Waals surface area contributed by atoms with Crippen LogP contribution < -0.4 is 5.32 Å². The summed E-state index contributed by atoms with van der Waals surface area (Å²) in [6.07, 6.45) is 9.29. The van der Waals surface area contributed by atoms with Gasteiger partial charge in [-0.15, -0.1) is 11.3 Å². The Morgan fingerprint density at radius 3 is 2.67 bits per heavy atom. The Morgan fingerprint density at radius 2 is 1.94 bits per heavy atom. The average Bonchev–Trinajstić information content (AvgIpc) is 2.83. The van der Waals surface area contributed by atoms with Crippen molar-refractivity contribution < 1.29 is 0 Å². The minimum atomic E-state index is 0.572. The summed E-state index contributed by atoms with van der Waals surface area (Å²) in [6.45, 7) is 2.39. The van der Waals surface area contributed by atoms with Crippen molar-refractivity contribution >= 4 is 11.3 Å². The number of rotatable bonds is 2. The summed E-state index contributed by atoms with van der Waals surface area (Å²) in [5.74, 6) is 1.69. The van der Waals surface area contributed by atoms with Gasteiger partial charge in [0.2, 0.25) is 0 Å². The van der Waals surface area contributed by atoms with Crippen molar-refractivity contribution in [3.63, 3.8) is 0 Å². The lowest BCUT2D eigenvalue weighted by atomic mass is 9.83. The number of nitrogens with zero attached hydrogens (tertiary/aromatic N) is 1. The quantitative estimate of drug-likeness (QED) is 0.872. The van der Waals surface area contributed by atoms with Crippen molar-refractivity contribution in [1.82, 2.24) is 10.3 Å². The number of nitrogens with one attached hydrogen (secondary N) is 1. The molecule has 1 saturated carbocycles. The summed E-state index contributed by atoms with van der Waals surface area (Å²) in [4.78, 5) is 6.52. The molecule has 18 heavy (non-hydrogen) atoms. The molecule has 1 N–H and O–H groups in total. The standard InChI is InChI=1S/C15H24N2S/c1-10-6-8-11(9-7-10)15-17-13-5-3-4-12(16-2)14(13)18-15/h10-12,16H,3-9H2,1-2H3. The molecule has 0 bridgehead atoms. The summed E-state index contributed by atoms with van der Waals surface area (Å²) in [5, 5.41) is 4.89. The molecule has 1 unspecified atom stereocenters. The van der Waals surface area contributed by atoms with Crippen molar-refractivity contribution in [2.75, 3.05) is 7.05 Å². The molecule has 3 heteroatoms. The maximum absolute atomic E-state index is 4.98. The summed E-state index contributed by atoms with van der Waals surface area (Å²) in [5.41, 5.74) is 1.40. The zero-order chi connectivity index (χ0) is 12.5. The van der Waals surface area contributed by atoms with Gasteiger partial charge in [-0.1, -0.05) is 19.8 Å². The van der Waals surface area contributed by atoms with Crippen LogP contribution >= 0.6 is 11.3 Å². The van der Waals surface area contributed by atoms with E-state index >= 15 is 0 Å². The highest BCUT2D eigenvalue weighted by atomic mass is 32.1. The number of aryl methyl sites for hydroxylation is 1. The number of hydrogen-bond acceptors (Lipinski definition) is 3. The van der Waals surface area contributed by atoms with Crippen LogP contribution in [0.3, 0.4) is 0 Å². The molecular weight excluding hydrogens is 240 g/mol. The van der Waals surface area contributed by atoms with Gasteiger partial charge in [0.1, 0.15) is 0 Å². The lowest BCUT2D eigenvalue weighted by molar-refractivity contribution is 0.347. The van der Waals surface area contributed by atoms with Gasteiger partial charge in [-0.25, -0.2) is 4.98 Å². The number of aromatic nitrogens is 1. The Kier molecular flexibility index (Phi) is 3.71. The zero-order valence-electron chi connectivity index (χ0n) is 11.5. The molecule has 3 rings (SSSR count). The van der Waals surface area contributed by atoms with Gasteiger partial charge in [0.25, 0.3) is 0 Å². The molecule has 2 aliphatic rings. The van der Waals surface area contributed by atoms with E-state index in [1.165, 1.54) is 60.5 Å². The maximum atomic E-state index is 4.98. The second-order valence-corrected chi connectivity index (χ2v) is 7.12. The van der Waals surface area contributed by atoms with Crippen LogP contribution in [0.5, 0.6) is 0 Å². The van der Waals surface area contributed by atoms with E-state index in [4.69, 9.17) is 4.98 Å². The summed E-state index contributed by atoms with van der Waals surface area (Å²) < 4.78 is 0. The van der Waals surface area contributed by atoms with Crippen molar-refractivity contribution in [2.24, 2.45) is 5.92 Å². The van der Waals surface area contributed by atoms with Crippen LogP contribution in [-0.2, 0) is 6.42 Å². The van der Waals surface area contributed by atoms with Crippen LogP contribution in [-0.4, -0.2) is 12.0 Å². The topological polar surface area (TPSA) is 24.9 Å². The Balaban J connectivity index is 1.80. The number of fused-ring (bicyclic) bond motifs is 1. The van der Waals surface area contributed by atoms with E-state index in [1.54, 1.807) is 0 Å². The van der Waals surface area contributed by atoms with Crippen molar-refractivity contribution in [3.8, 4) is 0 Å². The second-order valence-electron chi connectivity index (χ2n) is 6.05. The molecule has 0 amide bonds. The Hall–Kier alpha value is -0.410. The van der Waals surface area contributed by atoms with Crippen molar-refractivity contribution in [1.29, 1.82) is 0 Å². The first kappa shape index (κ1) is 12.6. The first-order valence-electron chi connectivity index (χ1n) is 7.44. The molecule has 0 spiro atoms. The number of hydrogen-bond donors (Lipinski definition) is 1. The van der Waals surface area contributed by atoms with Gasteiger partial charge in [-0.3, -0.25) is 0 Å². The minimum absolute atomic E-state index is 0.572. The zero-order valence-corrected chi connectivity index (χ0v) is 12.4. The van der Waals surface area contributed by atoms with Crippen LogP contribution in [0, 0.1) is 5.92 Å². The van der Waals surface area contributed by atoms with E-state index in [9.17, 15) is 0 Å². The molecule has 2 aliphatic carbocycles.